The summed E-state index contributed by atoms with van der Waals surface area (Å²) in [5.41, 5.74) is 13.3. The van der Waals surface area contributed by atoms with Gasteiger partial charge < -0.3 is 53.8 Å². The molecular weight excluding hydrogens is 1090 g/mol. The zero-order valence-electron chi connectivity index (χ0n) is 52.7. The second-order valence-corrected chi connectivity index (χ2v) is 25.5. The van der Waals surface area contributed by atoms with E-state index in [4.69, 9.17) is 34.6 Å². The van der Waals surface area contributed by atoms with E-state index in [2.05, 4.69) is 81.9 Å². The van der Waals surface area contributed by atoms with Crippen LogP contribution in [-0.4, -0.2) is 137 Å². The number of amides is 2. The average molecular weight is 1180 g/mol. The number of ether oxygens (including phenoxy) is 4. The Kier molecular flexibility index (Phi) is 22.9. The molecule has 17 heteroatoms. The van der Waals surface area contributed by atoms with E-state index in [0.717, 1.165) is 70.5 Å². The monoisotopic (exact) mass is 1180 g/mol. The molecule has 2 unspecified atom stereocenters. The fraction of sp³-hybridized carbons (Fsp3) is 0.507. The molecule has 0 saturated carbocycles. The van der Waals surface area contributed by atoms with Gasteiger partial charge in [-0.05, 0) is 115 Å². The molecule has 2 fully saturated rings. The number of nitrogens with zero attached hydrogens (tertiary/aromatic N) is 6. The number of carbonyl (C=O) groups is 4. The Morgan fingerprint density at radius 3 is 1.28 bits per heavy atom. The summed E-state index contributed by atoms with van der Waals surface area (Å²) in [6.07, 6.45) is 9.87. The van der Waals surface area contributed by atoms with Crippen LogP contribution in [0.1, 0.15) is 155 Å². The van der Waals surface area contributed by atoms with Crippen molar-refractivity contribution in [1.82, 2.24) is 28.9 Å². The summed E-state index contributed by atoms with van der Waals surface area (Å²) in [7, 11) is 6.12. The zero-order valence-corrected chi connectivity index (χ0v) is 52.7. The van der Waals surface area contributed by atoms with Crippen LogP contribution in [0, 0.1) is 5.92 Å². The largest absolute Gasteiger partial charge is 0.465 e. The lowest BCUT2D eigenvalue weighted by molar-refractivity contribution is -0.140. The van der Waals surface area contributed by atoms with Crippen molar-refractivity contribution >= 4 is 23.8 Å². The highest BCUT2D eigenvalue weighted by molar-refractivity contribution is 5.90. The highest BCUT2D eigenvalue weighted by Crippen LogP contribution is 2.37. The van der Waals surface area contributed by atoms with Crippen LogP contribution in [0.15, 0.2) is 109 Å². The molecule has 2 amide bonds. The SMILES string of the molecule is COCCCn1c(C(C)(C)C)cnc1C1(O)CCCN(C(=O)C[C@H](C)Cc2ccc(-c3ccc(C(=O)OC)cc3)cc2)C1.COCCCn1c(C(C)(C)C)cnc1C1(O)CCCN(C(=O)C[C@H](N)Cc2ccc(-c3ccc(C(=O)OC)cc3)cc2)C1. The number of nitrogens with two attached hydrogens (primary N) is 1. The molecule has 0 bridgehead atoms. The smallest absolute Gasteiger partial charge is 0.337 e. The van der Waals surface area contributed by atoms with Gasteiger partial charge in [0.1, 0.15) is 22.9 Å². The second-order valence-electron chi connectivity index (χ2n) is 25.5. The van der Waals surface area contributed by atoms with Crippen molar-refractivity contribution in [2.24, 2.45) is 11.7 Å². The van der Waals surface area contributed by atoms with Gasteiger partial charge >= 0.3 is 11.9 Å². The Balaban J connectivity index is 0.000000246. The highest BCUT2D eigenvalue weighted by atomic mass is 16.5. The quantitative estimate of drug-likeness (QED) is 0.0427. The number of esters is 2. The maximum absolute atomic E-state index is 13.5. The van der Waals surface area contributed by atoms with Gasteiger partial charge in [0.2, 0.25) is 11.8 Å². The Morgan fingerprint density at radius 2 is 0.919 bits per heavy atom. The summed E-state index contributed by atoms with van der Waals surface area (Å²) in [4.78, 5) is 63.2. The maximum Gasteiger partial charge on any atom is 0.337 e. The summed E-state index contributed by atoms with van der Waals surface area (Å²) in [6, 6.07) is 30.7. The van der Waals surface area contributed by atoms with Gasteiger partial charge in [0.05, 0.1) is 38.4 Å². The number of rotatable bonds is 22. The topological polar surface area (TPSA) is 214 Å². The minimum absolute atomic E-state index is 0.0542. The number of β-amino-alcohol motifs (C(OH)–C–C–N with tert-alkyl or cyclic N) is 2. The molecule has 4 atom stereocenters. The predicted molar refractivity (Wildman–Crippen MR) is 334 cm³/mol. The lowest BCUT2D eigenvalue weighted by atomic mass is 9.89. The van der Waals surface area contributed by atoms with E-state index in [1.807, 2.05) is 65.8 Å². The van der Waals surface area contributed by atoms with Crippen LogP contribution in [-0.2, 0) is 76.5 Å². The van der Waals surface area contributed by atoms with Crippen molar-refractivity contribution in [3.05, 3.63) is 155 Å². The number of likely N-dealkylation sites (tertiary alicyclic amines) is 2. The number of piperidine rings is 2. The molecule has 86 heavy (non-hydrogen) atoms. The molecule has 4 aromatic carbocycles. The van der Waals surface area contributed by atoms with E-state index in [9.17, 15) is 29.4 Å². The lowest BCUT2D eigenvalue weighted by Crippen LogP contribution is -2.50. The normalized spacial score (nSPS) is 18.0. The summed E-state index contributed by atoms with van der Waals surface area (Å²) in [5.74, 6) is 0.728. The maximum atomic E-state index is 13.5. The predicted octanol–water partition coefficient (Wildman–Crippen LogP) is 10.2. The van der Waals surface area contributed by atoms with E-state index in [1.165, 1.54) is 14.2 Å². The molecule has 0 aliphatic carbocycles. The summed E-state index contributed by atoms with van der Waals surface area (Å²) in [5, 5.41) is 23.8. The number of imidazole rings is 2. The highest BCUT2D eigenvalue weighted by Gasteiger charge is 2.43. The summed E-state index contributed by atoms with van der Waals surface area (Å²) in [6.45, 7) is 19.3. The van der Waals surface area contributed by atoms with Gasteiger partial charge in [0, 0.05) is 107 Å². The molecule has 0 radical (unpaired) electrons. The Bertz CT molecular complexity index is 2960. The number of carbonyl (C=O) groups excluding carboxylic acids is 4. The van der Waals surface area contributed by atoms with Crippen molar-refractivity contribution in [2.75, 3.05) is 67.8 Å². The van der Waals surface area contributed by atoms with Gasteiger partial charge in [0.25, 0.3) is 0 Å². The van der Waals surface area contributed by atoms with Gasteiger partial charge in [0.15, 0.2) is 0 Å². The molecule has 0 spiro atoms. The van der Waals surface area contributed by atoms with E-state index < -0.39 is 11.2 Å². The third kappa shape index (κ3) is 17.1. The lowest BCUT2D eigenvalue weighted by Gasteiger charge is -2.39. The van der Waals surface area contributed by atoms with E-state index in [1.54, 1.807) is 43.4 Å². The van der Waals surface area contributed by atoms with Gasteiger partial charge in [-0.1, -0.05) is 121 Å². The fourth-order valence-electron chi connectivity index (χ4n) is 11.9. The van der Waals surface area contributed by atoms with Crippen LogP contribution in [0.25, 0.3) is 22.3 Å². The number of methoxy groups -OCH3 is 4. The molecule has 17 nitrogen and oxygen atoms in total. The number of aromatic nitrogens is 4. The molecule has 4 heterocycles. The van der Waals surface area contributed by atoms with Crippen molar-refractivity contribution in [2.45, 2.75) is 154 Å². The summed E-state index contributed by atoms with van der Waals surface area (Å²) < 4.78 is 24.4. The zero-order chi connectivity index (χ0) is 62.4. The number of hydrogen-bond acceptors (Lipinski definition) is 13. The molecule has 6 aromatic rings. The Hall–Kier alpha value is -7.02. The first-order valence-electron chi connectivity index (χ1n) is 30.3. The first-order chi connectivity index (χ1) is 40.9. The van der Waals surface area contributed by atoms with Gasteiger partial charge in [-0.25, -0.2) is 19.6 Å². The van der Waals surface area contributed by atoms with Gasteiger partial charge in [-0.3, -0.25) is 9.59 Å². The fourth-order valence-corrected chi connectivity index (χ4v) is 11.9. The Labute approximate surface area is 509 Å². The molecular formula is C69H93N7O10. The van der Waals surface area contributed by atoms with Crippen LogP contribution >= 0.6 is 0 Å². The molecule has 2 aliphatic rings. The molecule has 2 saturated heterocycles. The van der Waals surface area contributed by atoms with Crippen molar-refractivity contribution in [1.29, 1.82) is 0 Å². The minimum atomic E-state index is -1.22. The Morgan fingerprint density at radius 1 is 0.558 bits per heavy atom. The van der Waals surface area contributed by atoms with E-state index in [-0.39, 0.29) is 66.1 Å². The third-order valence-corrected chi connectivity index (χ3v) is 16.4. The van der Waals surface area contributed by atoms with Crippen LogP contribution in [0.4, 0.5) is 0 Å². The van der Waals surface area contributed by atoms with E-state index in [0.29, 0.717) is 94.3 Å². The molecule has 2 aromatic heterocycles. The third-order valence-electron chi connectivity index (χ3n) is 16.4. The van der Waals surface area contributed by atoms with Crippen LogP contribution in [0.5, 0.6) is 0 Å². The number of hydrogen-bond donors (Lipinski definition) is 3. The molecule has 4 N–H and O–H groups in total. The molecule has 8 rings (SSSR count). The number of aliphatic hydroxyl groups is 2. The van der Waals surface area contributed by atoms with Crippen molar-refractivity contribution < 1.29 is 48.3 Å². The van der Waals surface area contributed by atoms with Crippen LogP contribution in [0.3, 0.4) is 0 Å². The van der Waals surface area contributed by atoms with Crippen molar-refractivity contribution in [3.63, 3.8) is 0 Å². The van der Waals surface area contributed by atoms with Crippen LogP contribution < -0.4 is 5.73 Å². The van der Waals surface area contributed by atoms with Gasteiger partial charge in [-0.15, -0.1) is 0 Å². The molecule has 2 aliphatic heterocycles. The average Bonchev–Trinajstić information content (AvgIpc) is 1.70. The first kappa shape index (κ1) is 66.5. The molecule has 464 valence electrons. The minimum Gasteiger partial charge on any atom is -0.465 e. The second kappa shape index (κ2) is 29.6. The van der Waals surface area contributed by atoms with Gasteiger partial charge in [-0.2, -0.15) is 0 Å². The summed E-state index contributed by atoms with van der Waals surface area (Å²) >= 11 is 0. The first-order valence-corrected chi connectivity index (χ1v) is 30.3. The van der Waals surface area contributed by atoms with Crippen LogP contribution in [0.2, 0.25) is 0 Å². The standard InChI is InChI=1S/C35H47N3O5.C34H46N4O5/c1-25(21-26-9-11-27(12-10-26)28-13-15-29(16-14-28)32(40)43-6)22-31(39)37-18-7-17-35(41,24-37)33-36-23-30(34(2,3)4)38(33)19-8-20-42-5;1-33(2,3)29-22-36-32(38(29)18-7-19-42-4)34(41)16-6-17-37(23-34)30(39)21-28(35)20-24-8-10-25(11-9-24)26-12-14-27(15-13-26)31(40)43-5/h9-16,23,25,41H,7-8,17-22,24H2,1-6H3;8-15,22,28,41H,6-7,16-21,23,35H2,1-5H3/t25-,35?;28-,34?/m11/s1. The number of benzene rings is 4. The van der Waals surface area contributed by atoms with Crippen molar-refractivity contribution in [3.8, 4) is 22.3 Å². The van der Waals surface area contributed by atoms with E-state index >= 15 is 0 Å².